The van der Waals surface area contributed by atoms with E-state index in [1.807, 2.05) is 42.5 Å². The highest BCUT2D eigenvalue weighted by molar-refractivity contribution is 6.30. The van der Waals surface area contributed by atoms with Crippen LogP contribution >= 0.6 is 11.6 Å². The minimum atomic E-state index is -0.119. The Morgan fingerprint density at radius 3 is 2.65 bits per heavy atom. The zero-order chi connectivity index (χ0) is 17.9. The Kier molecular flexibility index (Phi) is 4.54. The number of carbonyl (C=O) groups is 1. The third kappa shape index (κ3) is 3.39. The zero-order valence-corrected chi connectivity index (χ0v) is 14.8. The Bertz CT molecular complexity index is 925. The van der Waals surface area contributed by atoms with Gasteiger partial charge in [-0.15, -0.1) is 0 Å². The van der Waals surface area contributed by atoms with Crippen LogP contribution in [0.25, 0.3) is 0 Å². The molecule has 1 N–H and O–H groups in total. The van der Waals surface area contributed by atoms with Crippen molar-refractivity contribution in [2.45, 2.75) is 13.0 Å². The molecular weight excluding hydrogens is 348 g/mol. The van der Waals surface area contributed by atoms with E-state index in [4.69, 9.17) is 11.6 Å². The van der Waals surface area contributed by atoms with E-state index in [-0.39, 0.29) is 5.91 Å². The average molecular weight is 365 g/mol. The van der Waals surface area contributed by atoms with E-state index in [9.17, 15) is 4.79 Å². The van der Waals surface area contributed by atoms with E-state index in [1.165, 1.54) is 11.8 Å². The van der Waals surface area contributed by atoms with Crippen LogP contribution in [0.2, 0.25) is 5.02 Å². The van der Waals surface area contributed by atoms with Gasteiger partial charge in [0.05, 0.1) is 12.4 Å². The van der Waals surface area contributed by atoms with Gasteiger partial charge in [-0.1, -0.05) is 41.9 Å². The number of anilines is 2. The predicted molar refractivity (Wildman–Crippen MR) is 103 cm³/mol. The first-order valence-electron chi connectivity index (χ1n) is 8.41. The summed E-state index contributed by atoms with van der Waals surface area (Å²) in [7, 11) is 0. The third-order valence-electron chi connectivity index (χ3n) is 4.39. The molecule has 5 nitrogen and oxygen atoms in total. The summed E-state index contributed by atoms with van der Waals surface area (Å²) < 4.78 is 0. The topological polar surface area (TPSA) is 58.1 Å². The maximum absolute atomic E-state index is 12.7. The lowest BCUT2D eigenvalue weighted by molar-refractivity contribution is 0.0984. The summed E-state index contributed by atoms with van der Waals surface area (Å²) in [6, 6.07) is 15.6. The molecule has 1 aliphatic heterocycles. The van der Waals surface area contributed by atoms with Crippen molar-refractivity contribution in [2.24, 2.45) is 0 Å². The largest absolute Gasteiger partial charge is 0.365 e. The Morgan fingerprint density at radius 2 is 1.88 bits per heavy atom. The summed E-state index contributed by atoms with van der Waals surface area (Å²) in [5, 5.41) is 3.90. The molecule has 2 heterocycles. The second-order valence-corrected chi connectivity index (χ2v) is 6.54. The molecule has 0 fully saturated rings. The van der Waals surface area contributed by atoms with Gasteiger partial charge in [-0.2, -0.15) is 0 Å². The lowest BCUT2D eigenvalue weighted by Crippen LogP contribution is -2.29. The van der Waals surface area contributed by atoms with Crippen molar-refractivity contribution in [3.8, 4) is 0 Å². The zero-order valence-electron chi connectivity index (χ0n) is 14.0. The first-order chi connectivity index (χ1) is 12.7. The molecule has 0 unspecified atom stereocenters. The van der Waals surface area contributed by atoms with Gasteiger partial charge in [0.1, 0.15) is 11.5 Å². The number of halogens is 1. The molecule has 0 aliphatic carbocycles. The summed E-state index contributed by atoms with van der Waals surface area (Å²) >= 11 is 5.88. The van der Waals surface area contributed by atoms with E-state index in [2.05, 4.69) is 21.4 Å². The normalized spacial score (nSPS) is 12.7. The van der Waals surface area contributed by atoms with E-state index in [0.717, 1.165) is 17.7 Å². The van der Waals surface area contributed by atoms with Crippen LogP contribution in [0, 0.1) is 0 Å². The van der Waals surface area contributed by atoms with Crippen molar-refractivity contribution in [3.05, 3.63) is 82.8 Å². The number of hydrogen-bond acceptors (Lipinski definition) is 4. The summed E-state index contributed by atoms with van der Waals surface area (Å²) in [5.74, 6) is 0.505. The number of carbonyl (C=O) groups excluding carboxylic acids is 1. The maximum Gasteiger partial charge on any atom is 0.278 e. The Labute approximate surface area is 156 Å². The molecule has 0 radical (unpaired) electrons. The van der Waals surface area contributed by atoms with Crippen LogP contribution in [-0.2, 0) is 13.0 Å². The number of nitrogens with zero attached hydrogens (tertiary/aromatic N) is 3. The molecule has 6 heteroatoms. The fourth-order valence-electron chi connectivity index (χ4n) is 3.01. The number of fused-ring (bicyclic) bond motifs is 1. The van der Waals surface area contributed by atoms with Crippen LogP contribution in [0.1, 0.15) is 21.6 Å². The van der Waals surface area contributed by atoms with Gasteiger partial charge in [-0.05, 0) is 35.7 Å². The molecule has 0 saturated heterocycles. The second kappa shape index (κ2) is 7.14. The Morgan fingerprint density at radius 1 is 1.08 bits per heavy atom. The Balaban J connectivity index is 1.43. The molecule has 3 aromatic rings. The molecule has 130 valence electrons. The van der Waals surface area contributed by atoms with Gasteiger partial charge in [-0.25, -0.2) is 9.97 Å². The van der Waals surface area contributed by atoms with Gasteiger partial charge < -0.3 is 10.2 Å². The smallest absolute Gasteiger partial charge is 0.278 e. The SMILES string of the molecule is O=C(c1cnc(NCc2ccc(Cl)cc2)cn1)N1CCc2ccccc21. The summed E-state index contributed by atoms with van der Waals surface area (Å²) in [4.78, 5) is 23.1. The molecule has 1 aliphatic rings. The van der Waals surface area contributed by atoms with Crippen LogP contribution in [0.3, 0.4) is 0 Å². The fraction of sp³-hybridized carbons (Fsp3) is 0.150. The molecule has 2 aromatic carbocycles. The van der Waals surface area contributed by atoms with Crippen LogP contribution in [0.4, 0.5) is 11.5 Å². The molecule has 26 heavy (non-hydrogen) atoms. The van der Waals surface area contributed by atoms with Crippen LogP contribution in [0.5, 0.6) is 0 Å². The minimum absolute atomic E-state index is 0.119. The van der Waals surface area contributed by atoms with Crippen molar-refractivity contribution in [1.29, 1.82) is 0 Å². The summed E-state index contributed by atoms with van der Waals surface area (Å²) in [6.45, 7) is 1.29. The van der Waals surface area contributed by atoms with Crippen molar-refractivity contribution in [1.82, 2.24) is 9.97 Å². The molecule has 0 bridgehead atoms. The van der Waals surface area contributed by atoms with E-state index >= 15 is 0 Å². The fourth-order valence-corrected chi connectivity index (χ4v) is 3.14. The summed E-state index contributed by atoms with van der Waals surface area (Å²) in [5.41, 5.74) is 3.59. The molecule has 4 rings (SSSR count). The van der Waals surface area contributed by atoms with Crippen molar-refractivity contribution in [3.63, 3.8) is 0 Å². The van der Waals surface area contributed by atoms with Crippen molar-refractivity contribution >= 4 is 29.0 Å². The van der Waals surface area contributed by atoms with Gasteiger partial charge in [0.15, 0.2) is 0 Å². The van der Waals surface area contributed by atoms with Crippen LogP contribution < -0.4 is 10.2 Å². The number of nitrogens with one attached hydrogen (secondary N) is 1. The number of benzene rings is 2. The van der Waals surface area contributed by atoms with Gasteiger partial charge in [-0.3, -0.25) is 4.79 Å². The molecule has 1 aromatic heterocycles. The van der Waals surface area contributed by atoms with Gasteiger partial charge in [0.25, 0.3) is 5.91 Å². The number of rotatable bonds is 4. The highest BCUT2D eigenvalue weighted by atomic mass is 35.5. The Hall–Kier alpha value is -2.92. The van der Waals surface area contributed by atoms with Crippen LogP contribution in [0.15, 0.2) is 60.9 Å². The lowest BCUT2D eigenvalue weighted by atomic mass is 10.2. The number of para-hydroxylation sites is 1. The van der Waals surface area contributed by atoms with Crippen LogP contribution in [-0.4, -0.2) is 22.4 Å². The number of aromatic nitrogens is 2. The average Bonchev–Trinajstić information content (AvgIpc) is 3.11. The molecular formula is C20H17ClN4O. The first-order valence-corrected chi connectivity index (χ1v) is 8.78. The lowest BCUT2D eigenvalue weighted by Gasteiger charge is -2.16. The van der Waals surface area contributed by atoms with E-state index in [0.29, 0.717) is 29.6 Å². The molecule has 0 saturated carbocycles. The van der Waals surface area contributed by atoms with E-state index in [1.54, 1.807) is 11.1 Å². The molecule has 0 atom stereocenters. The monoisotopic (exact) mass is 364 g/mol. The quantitative estimate of drug-likeness (QED) is 0.761. The molecule has 0 spiro atoms. The number of amides is 1. The van der Waals surface area contributed by atoms with Gasteiger partial charge in [0, 0.05) is 23.8 Å². The standard InChI is InChI=1S/C20H17ClN4O/c21-16-7-5-14(6-8-16)11-23-19-13-22-17(12-24-19)20(26)25-10-9-15-3-1-2-4-18(15)25/h1-8,12-13H,9-11H2,(H,23,24). The van der Waals surface area contributed by atoms with E-state index < -0.39 is 0 Å². The molecule has 1 amide bonds. The van der Waals surface area contributed by atoms with Crippen molar-refractivity contribution < 1.29 is 4.79 Å². The maximum atomic E-state index is 12.7. The third-order valence-corrected chi connectivity index (χ3v) is 4.64. The van der Waals surface area contributed by atoms with Gasteiger partial charge >= 0.3 is 0 Å². The van der Waals surface area contributed by atoms with Gasteiger partial charge in [0.2, 0.25) is 0 Å². The summed E-state index contributed by atoms with van der Waals surface area (Å²) in [6.07, 6.45) is 3.98. The highest BCUT2D eigenvalue weighted by Crippen LogP contribution is 2.28. The first kappa shape index (κ1) is 16.5. The number of hydrogen-bond donors (Lipinski definition) is 1. The minimum Gasteiger partial charge on any atom is -0.365 e. The second-order valence-electron chi connectivity index (χ2n) is 6.10. The highest BCUT2D eigenvalue weighted by Gasteiger charge is 2.26. The van der Waals surface area contributed by atoms with Crippen molar-refractivity contribution in [2.75, 3.05) is 16.8 Å². The predicted octanol–water partition coefficient (Wildman–Crippen LogP) is 3.95.